The van der Waals surface area contributed by atoms with E-state index >= 15 is 0 Å². The predicted molar refractivity (Wildman–Crippen MR) is 125 cm³/mol. The minimum Gasteiger partial charge on any atom is -0.481 e. The number of nitrogens with one attached hydrogen (secondary N) is 2. The van der Waals surface area contributed by atoms with Crippen LogP contribution in [-0.2, 0) is 19.1 Å². The van der Waals surface area contributed by atoms with Crippen molar-refractivity contribution in [3.8, 4) is 11.1 Å². The maximum Gasteiger partial charge on any atom is 0.407 e. The van der Waals surface area contributed by atoms with Crippen molar-refractivity contribution in [3.05, 3.63) is 59.7 Å². The Morgan fingerprint density at radius 2 is 1.68 bits per heavy atom. The second-order valence-corrected chi connectivity index (χ2v) is 8.81. The molecule has 2 aliphatic carbocycles. The van der Waals surface area contributed by atoms with Gasteiger partial charge in [-0.25, -0.2) is 4.79 Å². The third-order valence-electron chi connectivity index (χ3n) is 6.74. The van der Waals surface area contributed by atoms with E-state index in [0.717, 1.165) is 28.7 Å². The lowest BCUT2D eigenvalue weighted by Crippen LogP contribution is -2.46. The number of ether oxygens (including phenoxy) is 2. The third-order valence-corrected chi connectivity index (χ3v) is 6.74. The van der Waals surface area contributed by atoms with Crippen LogP contribution in [0.25, 0.3) is 11.1 Å². The number of alkyl carbamates (subject to hydrolysis) is 1. The first-order chi connectivity index (χ1) is 16.5. The van der Waals surface area contributed by atoms with Gasteiger partial charge in [0, 0.05) is 25.6 Å². The Labute approximate surface area is 198 Å². The van der Waals surface area contributed by atoms with Gasteiger partial charge in [-0.2, -0.15) is 0 Å². The quantitative estimate of drug-likeness (QED) is 0.523. The fourth-order valence-electron chi connectivity index (χ4n) is 5.02. The first-order valence-electron chi connectivity index (χ1n) is 11.6. The van der Waals surface area contributed by atoms with Gasteiger partial charge in [0.05, 0.1) is 18.4 Å². The Morgan fingerprint density at radius 1 is 1.03 bits per heavy atom. The maximum absolute atomic E-state index is 12.7. The van der Waals surface area contributed by atoms with Gasteiger partial charge < -0.3 is 25.2 Å². The molecule has 2 amide bonds. The van der Waals surface area contributed by atoms with E-state index in [1.165, 1.54) is 7.11 Å². The van der Waals surface area contributed by atoms with Crippen molar-refractivity contribution in [2.24, 2.45) is 5.92 Å². The smallest absolute Gasteiger partial charge is 0.407 e. The van der Waals surface area contributed by atoms with Crippen molar-refractivity contribution in [2.45, 2.75) is 43.7 Å². The molecule has 8 heteroatoms. The number of aliphatic carboxylic acids is 1. The van der Waals surface area contributed by atoms with Gasteiger partial charge in [0.25, 0.3) is 0 Å². The Bertz CT molecular complexity index is 1010. The number of hydrogen-bond acceptors (Lipinski definition) is 5. The van der Waals surface area contributed by atoms with Crippen molar-refractivity contribution in [2.75, 3.05) is 20.3 Å². The number of amides is 2. The molecule has 1 unspecified atom stereocenters. The van der Waals surface area contributed by atoms with Crippen molar-refractivity contribution < 1.29 is 29.0 Å². The lowest BCUT2D eigenvalue weighted by molar-refractivity contribution is -0.140. The van der Waals surface area contributed by atoms with Gasteiger partial charge in [0.2, 0.25) is 5.91 Å². The highest BCUT2D eigenvalue weighted by Gasteiger charge is 2.35. The van der Waals surface area contributed by atoms with Gasteiger partial charge in [-0.15, -0.1) is 0 Å². The zero-order chi connectivity index (χ0) is 24.1. The number of benzene rings is 2. The molecule has 2 aromatic rings. The molecule has 4 rings (SSSR count). The fourth-order valence-corrected chi connectivity index (χ4v) is 5.02. The average Bonchev–Trinajstić information content (AvgIpc) is 3.42. The number of fused-ring (bicyclic) bond motifs is 3. The Kier molecular flexibility index (Phi) is 7.47. The minimum absolute atomic E-state index is 0.0268. The molecule has 0 aliphatic heterocycles. The number of carbonyl (C=O) groups excluding carboxylic acids is 2. The van der Waals surface area contributed by atoms with Gasteiger partial charge in [0.15, 0.2) is 0 Å². The Morgan fingerprint density at radius 3 is 2.29 bits per heavy atom. The summed E-state index contributed by atoms with van der Waals surface area (Å²) in [6, 6.07) is 16.0. The van der Waals surface area contributed by atoms with E-state index in [4.69, 9.17) is 14.6 Å². The van der Waals surface area contributed by atoms with Crippen molar-refractivity contribution in [1.82, 2.24) is 10.6 Å². The van der Waals surface area contributed by atoms with Crippen LogP contribution in [0, 0.1) is 5.92 Å². The first kappa shape index (κ1) is 23.8. The van der Waals surface area contributed by atoms with Gasteiger partial charge in [-0.05, 0) is 35.1 Å². The molecule has 1 fully saturated rings. The summed E-state index contributed by atoms with van der Waals surface area (Å²) < 4.78 is 10.7. The van der Waals surface area contributed by atoms with Crippen LogP contribution >= 0.6 is 0 Å². The molecule has 3 atom stereocenters. The van der Waals surface area contributed by atoms with Crippen LogP contribution in [0.2, 0.25) is 0 Å². The second-order valence-electron chi connectivity index (χ2n) is 8.81. The third kappa shape index (κ3) is 5.22. The Hall–Kier alpha value is -3.39. The van der Waals surface area contributed by atoms with Gasteiger partial charge in [0.1, 0.15) is 6.61 Å². The van der Waals surface area contributed by atoms with Crippen LogP contribution in [0.4, 0.5) is 4.79 Å². The summed E-state index contributed by atoms with van der Waals surface area (Å²) in [5, 5.41) is 14.5. The molecule has 34 heavy (non-hydrogen) atoms. The molecule has 0 aromatic heterocycles. The molecule has 0 bridgehead atoms. The molecule has 2 aromatic carbocycles. The zero-order valence-electron chi connectivity index (χ0n) is 19.2. The number of methoxy groups -OCH3 is 1. The summed E-state index contributed by atoms with van der Waals surface area (Å²) >= 11 is 0. The van der Waals surface area contributed by atoms with Crippen LogP contribution < -0.4 is 10.6 Å². The standard InChI is InChI=1S/C26H30N2O6/c1-33-16(13-24(29)30)14-27-25(31)21-11-6-12-23(21)28-26(32)34-15-22-19-9-4-2-7-17(19)18-8-3-5-10-20(18)22/h2-5,7-10,16,21-23H,6,11-15H2,1H3,(H,27,31)(H,28,32)(H,29,30)/t16?,21-,23+/m0/s1. The van der Waals surface area contributed by atoms with Crippen LogP contribution in [0.5, 0.6) is 0 Å². The zero-order valence-corrected chi connectivity index (χ0v) is 19.2. The minimum atomic E-state index is -0.989. The average molecular weight is 467 g/mol. The molecule has 180 valence electrons. The van der Waals surface area contributed by atoms with E-state index < -0.39 is 18.2 Å². The molecule has 0 radical (unpaired) electrons. The van der Waals surface area contributed by atoms with E-state index in [0.29, 0.717) is 12.8 Å². The van der Waals surface area contributed by atoms with E-state index in [9.17, 15) is 14.4 Å². The largest absolute Gasteiger partial charge is 0.481 e. The van der Waals surface area contributed by atoms with Crippen LogP contribution in [0.15, 0.2) is 48.5 Å². The first-order valence-corrected chi connectivity index (χ1v) is 11.6. The molecule has 0 heterocycles. The molecule has 0 spiro atoms. The Balaban J connectivity index is 1.32. The van der Waals surface area contributed by atoms with Crippen molar-refractivity contribution in [3.63, 3.8) is 0 Å². The van der Waals surface area contributed by atoms with Crippen LogP contribution in [0.3, 0.4) is 0 Å². The summed E-state index contributed by atoms with van der Waals surface area (Å²) in [4.78, 5) is 36.2. The number of hydrogen-bond donors (Lipinski definition) is 3. The van der Waals surface area contributed by atoms with Crippen LogP contribution in [-0.4, -0.2) is 55.5 Å². The highest BCUT2D eigenvalue weighted by molar-refractivity contribution is 5.81. The number of carboxylic acid groups (broad SMARTS) is 1. The monoisotopic (exact) mass is 466 g/mol. The summed E-state index contributed by atoms with van der Waals surface area (Å²) in [6.45, 7) is 0.323. The van der Waals surface area contributed by atoms with Crippen LogP contribution in [0.1, 0.15) is 42.7 Å². The molecule has 2 aliphatic rings. The summed E-state index contributed by atoms with van der Waals surface area (Å²) in [6.07, 6.45) is 0.823. The fraction of sp³-hybridized carbons (Fsp3) is 0.423. The van der Waals surface area contributed by atoms with Gasteiger partial charge in [-0.1, -0.05) is 55.0 Å². The van der Waals surface area contributed by atoms with Crippen molar-refractivity contribution >= 4 is 18.0 Å². The molecule has 1 saturated carbocycles. The summed E-state index contributed by atoms with van der Waals surface area (Å²) in [5.41, 5.74) is 4.61. The molecule has 0 saturated heterocycles. The topological polar surface area (TPSA) is 114 Å². The lowest BCUT2D eigenvalue weighted by atomic mass is 9.98. The predicted octanol–water partition coefficient (Wildman–Crippen LogP) is 3.30. The van der Waals surface area contributed by atoms with Gasteiger partial charge >= 0.3 is 12.1 Å². The van der Waals surface area contributed by atoms with E-state index in [-0.39, 0.29) is 43.4 Å². The van der Waals surface area contributed by atoms with Gasteiger partial charge in [-0.3, -0.25) is 9.59 Å². The maximum atomic E-state index is 12.7. The summed E-state index contributed by atoms with van der Waals surface area (Å²) in [7, 11) is 1.41. The van der Waals surface area contributed by atoms with E-state index in [1.807, 2.05) is 24.3 Å². The highest BCUT2D eigenvalue weighted by atomic mass is 16.5. The molecule has 8 nitrogen and oxygen atoms in total. The number of carbonyl (C=O) groups is 3. The van der Waals surface area contributed by atoms with E-state index in [1.54, 1.807) is 0 Å². The summed E-state index contributed by atoms with van der Waals surface area (Å²) in [5.74, 6) is -1.62. The molecular formula is C26H30N2O6. The van der Waals surface area contributed by atoms with E-state index in [2.05, 4.69) is 34.9 Å². The number of rotatable bonds is 9. The SMILES string of the molecule is COC(CNC(=O)[C@H]1CCC[C@H]1NC(=O)OCC1c2ccccc2-c2ccccc21)CC(=O)O. The molecule has 3 N–H and O–H groups in total. The second kappa shape index (κ2) is 10.7. The van der Waals surface area contributed by atoms with Crippen molar-refractivity contribution in [1.29, 1.82) is 0 Å². The lowest BCUT2D eigenvalue weighted by Gasteiger charge is -2.22. The highest BCUT2D eigenvalue weighted by Crippen LogP contribution is 2.44. The number of carboxylic acids is 1. The normalized spacial score (nSPS) is 19.7. The molecular weight excluding hydrogens is 436 g/mol.